The van der Waals surface area contributed by atoms with Crippen molar-refractivity contribution in [2.75, 3.05) is 0 Å². The van der Waals surface area contributed by atoms with Gasteiger partial charge in [-0.1, -0.05) is 18.2 Å². The van der Waals surface area contributed by atoms with Crippen LogP contribution in [0, 0.1) is 19.7 Å². The SMILES string of the molecule is CC(=O)c1c(C)[nH]c(C(=O)[C@H](C)N[C@@H](C)c2ccccc2F)c1C. The molecule has 2 N–H and O–H groups in total. The minimum Gasteiger partial charge on any atom is -0.355 e. The number of aryl methyl sites for hydroxylation is 1. The maximum Gasteiger partial charge on any atom is 0.195 e. The summed E-state index contributed by atoms with van der Waals surface area (Å²) >= 11 is 0. The molecule has 0 saturated carbocycles. The Morgan fingerprint density at radius 1 is 1.17 bits per heavy atom. The number of rotatable bonds is 6. The van der Waals surface area contributed by atoms with E-state index in [4.69, 9.17) is 0 Å². The summed E-state index contributed by atoms with van der Waals surface area (Å²) < 4.78 is 13.9. The summed E-state index contributed by atoms with van der Waals surface area (Å²) in [6.07, 6.45) is 0. The van der Waals surface area contributed by atoms with Gasteiger partial charge in [0.1, 0.15) is 5.82 Å². The van der Waals surface area contributed by atoms with E-state index < -0.39 is 6.04 Å². The Balaban J connectivity index is 2.20. The summed E-state index contributed by atoms with van der Waals surface area (Å²) in [6.45, 7) is 8.58. The second kappa shape index (κ2) is 7.09. The van der Waals surface area contributed by atoms with Gasteiger partial charge in [-0.05, 0) is 46.2 Å². The third-order valence-electron chi connectivity index (χ3n) is 4.30. The average molecular weight is 330 g/mol. The van der Waals surface area contributed by atoms with Gasteiger partial charge in [0.2, 0.25) is 0 Å². The minimum atomic E-state index is -0.517. The Morgan fingerprint density at radius 2 is 1.79 bits per heavy atom. The molecule has 0 aliphatic carbocycles. The highest BCUT2D eigenvalue weighted by molar-refractivity contribution is 6.05. The fourth-order valence-corrected chi connectivity index (χ4v) is 3.11. The van der Waals surface area contributed by atoms with E-state index in [2.05, 4.69) is 10.3 Å². The lowest BCUT2D eigenvalue weighted by atomic mass is 10.0. The average Bonchev–Trinajstić information content (AvgIpc) is 2.81. The molecule has 0 radical (unpaired) electrons. The van der Waals surface area contributed by atoms with Crippen LogP contribution in [0.4, 0.5) is 4.39 Å². The molecule has 0 spiro atoms. The molecule has 1 aromatic heterocycles. The second-order valence-corrected chi connectivity index (χ2v) is 6.18. The number of hydrogen-bond acceptors (Lipinski definition) is 3. The maximum atomic E-state index is 13.9. The van der Waals surface area contributed by atoms with Crippen LogP contribution >= 0.6 is 0 Å². The fraction of sp³-hybridized carbons (Fsp3) is 0.368. The minimum absolute atomic E-state index is 0.0689. The first-order valence-electron chi connectivity index (χ1n) is 7.98. The number of carbonyl (C=O) groups excluding carboxylic acids is 2. The van der Waals surface area contributed by atoms with Crippen LogP contribution in [-0.2, 0) is 0 Å². The van der Waals surface area contributed by atoms with Crippen molar-refractivity contribution >= 4 is 11.6 Å². The molecule has 2 rings (SSSR count). The van der Waals surface area contributed by atoms with Gasteiger partial charge in [-0.25, -0.2) is 4.39 Å². The number of aromatic nitrogens is 1. The van der Waals surface area contributed by atoms with Gasteiger partial charge in [0, 0.05) is 22.9 Å². The van der Waals surface area contributed by atoms with Crippen molar-refractivity contribution < 1.29 is 14.0 Å². The van der Waals surface area contributed by atoms with Crippen molar-refractivity contribution in [1.82, 2.24) is 10.3 Å². The highest BCUT2D eigenvalue weighted by Crippen LogP contribution is 2.21. The summed E-state index contributed by atoms with van der Waals surface area (Å²) in [6, 6.07) is 5.67. The predicted molar refractivity (Wildman–Crippen MR) is 92.0 cm³/mol. The van der Waals surface area contributed by atoms with Crippen LogP contribution in [0.1, 0.15) is 64.5 Å². The molecule has 0 saturated heterocycles. The standard InChI is InChI=1S/C19H23FN2O2/c1-10-17(14(5)23)12(3)22-18(10)19(24)13(4)21-11(2)15-8-6-7-9-16(15)20/h6-9,11,13,21-22H,1-5H3/t11-,13-/m0/s1. The Hall–Kier alpha value is -2.27. The van der Waals surface area contributed by atoms with Crippen LogP contribution in [-0.4, -0.2) is 22.6 Å². The van der Waals surface area contributed by atoms with E-state index in [1.165, 1.54) is 13.0 Å². The molecule has 2 aromatic rings. The molecular weight excluding hydrogens is 307 g/mol. The normalized spacial score (nSPS) is 13.6. The molecule has 0 amide bonds. The second-order valence-electron chi connectivity index (χ2n) is 6.18. The van der Waals surface area contributed by atoms with Gasteiger partial charge in [0.15, 0.2) is 11.6 Å². The van der Waals surface area contributed by atoms with Crippen LogP contribution in [0.15, 0.2) is 24.3 Å². The number of H-pyrrole nitrogens is 1. The molecule has 1 heterocycles. The zero-order valence-corrected chi connectivity index (χ0v) is 14.7. The van der Waals surface area contributed by atoms with Gasteiger partial charge in [-0.2, -0.15) is 0 Å². The Morgan fingerprint density at radius 3 is 2.33 bits per heavy atom. The van der Waals surface area contributed by atoms with Crippen LogP contribution in [0.25, 0.3) is 0 Å². The molecule has 4 nitrogen and oxygen atoms in total. The third-order valence-corrected chi connectivity index (χ3v) is 4.30. The first-order valence-corrected chi connectivity index (χ1v) is 7.98. The number of ketones is 2. The molecule has 0 aliphatic heterocycles. The molecule has 2 atom stereocenters. The highest BCUT2D eigenvalue weighted by atomic mass is 19.1. The Kier molecular flexibility index (Phi) is 5.34. The van der Waals surface area contributed by atoms with Crippen molar-refractivity contribution in [3.8, 4) is 0 Å². The van der Waals surface area contributed by atoms with Gasteiger partial charge in [0.05, 0.1) is 11.7 Å². The zero-order valence-electron chi connectivity index (χ0n) is 14.7. The monoisotopic (exact) mass is 330 g/mol. The van der Waals surface area contributed by atoms with Gasteiger partial charge in [0.25, 0.3) is 0 Å². The van der Waals surface area contributed by atoms with Crippen molar-refractivity contribution in [2.45, 2.75) is 46.7 Å². The zero-order chi connectivity index (χ0) is 18.0. The van der Waals surface area contributed by atoms with E-state index in [0.717, 1.165) is 0 Å². The molecular formula is C19H23FN2O2. The smallest absolute Gasteiger partial charge is 0.195 e. The van der Waals surface area contributed by atoms with Crippen molar-refractivity contribution in [3.05, 3.63) is 58.2 Å². The van der Waals surface area contributed by atoms with Crippen molar-refractivity contribution in [2.24, 2.45) is 0 Å². The van der Waals surface area contributed by atoms with Crippen molar-refractivity contribution in [1.29, 1.82) is 0 Å². The first-order chi connectivity index (χ1) is 11.2. The van der Waals surface area contributed by atoms with E-state index in [-0.39, 0.29) is 23.4 Å². The number of carbonyl (C=O) groups is 2. The molecule has 0 bridgehead atoms. The molecule has 1 aromatic carbocycles. The number of aromatic amines is 1. The van der Waals surface area contributed by atoms with Gasteiger partial charge < -0.3 is 10.3 Å². The molecule has 24 heavy (non-hydrogen) atoms. The lowest BCUT2D eigenvalue weighted by Gasteiger charge is -2.20. The van der Waals surface area contributed by atoms with E-state index in [1.807, 2.05) is 6.92 Å². The Bertz CT molecular complexity index is 780. The van der Waals surface area contributed by atoms with E-state index in [0.29, 0.717) is 28.1 Å². The van der Waals surface area contributed by atoms with Crippen molar-refractivity contribution in [3.63, 3.8) is 0 Å². The number of nitrogens with one attached hydrogen (secondary N) is 2. The lowest BCUT2D eigenvalue weighted by molar-refractivity contribution is 0.0940. The van der Waals surface area contributed by atoms with Gasteiger partial charge in [-0.15, -0.1) is 0 Å². The van der Waals surface area contributed by atoms with Gasteiger partial charge >= 0.3 is 0 Å². The first kappa shape index (κ1) is 18.1. The number of benzene rings is 1. The van der Waals surface area contributed by atoms with Crippen LogP contribution < -0.4 is 5.32 Å². The quantitative estimate of drug-likeness (QED) is 0.790. The topological polar surface area (TPSA) is 62.0 Å². The maximum absolute atomic E-state index is 13.9. The summed E-state index contributed by atoms with van der Waals surface area (Å²) in [5.41, 5.74) is 2.86. The fourth-order valence-electron chi connectivity index (χ4n) is 3.11. The number of Topliss-reactive ketones (excluding diaryl/α,β-unsaturated/α-hetero) is 2. The molecule has 5 heteroatoms. The van der Waals surface area contributed by atoms with Crippen LogP contribution in [0.2, 0.25) is 0 Å². The molecule has 128 valence electrons. The van der Waals surface area contributed by atoms with E-state index >= 15 is 0 Å². The molecule has 0 unspecified atom stereocenters. The summed E-state index contributed by atoms with van der Waals surface area (Å²) in [5.74, 6) is -0.519. The van der Waals surface area contributed by atoms with Crippen LogP contribution in [0.3, 0.4) is 0 Å². The summed E-state index contributed by atoms with van der Waals surface area (Å²) in [7, 11) is 0. The van der Waals surface area contributed by atoms with E-state index in [9.17, 15) is 14.0 Å². The van der Waals surface area contributed by atoms with Gasteiger partial charge in [-0.3, -0.25) is 9.59 Å². The third kappa shape index (κ3) is 3.46. The van der Waals surface area contributed by atoms with Crippen LogP contribution in [0.5, 0.6) is 0 Å². The largest absolute Gasteiger partial charge is 0.355 e. The summed E-state index contributed by atoms with van der Waals surface area (Å²) in [4.78, 5) is 27.4. The molecule has 0 fully saturated rings. The Labute approximate surface area is 141 Å². The van der Waals surface area contributed by atoms with E-state index in [1.54, 1.807) is 39.0 Å². The predicted octanol–water partition coefficient (Wildman–Crippen LogP) is 3.90. The number of hydrogen-bond donors (Lipinski definition) is 2. The number of halogens is 1. The highest BCUT2D eigenvalue weighted by Gasteiger charge is 2.25. The lowest BCUT2D eigenvalue weighted by Crippen LogP contribution is -2.36. The molecule has 0 aliphatic rings. The summed E-state index contributed by atoms with van der Waals surface area (Å²) in [5, 5.41) is 3.13.